The number of carbonyl (C=O) groups excluding carboxylic acids is 2. The molecule has 0 unspecified atom stereocenters. The molecule has 0 spiro atoms. The van der Waals surface area contributed by atoms with Gasteiger partial charge in [-0.2, -0.15) is 0 Å². The van der Waals surface area contributed by atoms with Crippen LogP contribution in [0.1, 0.15) is 40.0 Å². The summed E-state index contributed by atoms with van der Waals surface area (Å²) in [4.78, 5) is 20.4. The third-order valence-electron chi connectivity index (χ3n) is 1.32. The molecule has 82 valence electrons. The molecule has 0 atom stereocenters. The van der Waals surface area contributed by atoms with Gasteiger partial charge in [-0.15, -0.1) is 11.6 Å². The molecule has 0 radical (unpaired) electrons. The Balaban J connectivity index is 0. The molecular weight excluding hydrogens is 200 g/mol. The van der Waals surface area contributed by atoms with Crippen LogP contribution in [-0.2, 0) is 9.59 Å². The maximum atomic E-state index is 10.2. The maximum Gasteiger partial charge on any atom is 0.130 e. The van der Waals surface area contributed by atoms with Gasteiger partial charge in [0.05, 0.1) is 0 Å². The van der Waals surface area contributed by atoms with Crippen LogP contribution in [0.25, 0.3) is 0 Å². The molecule has 0 aromatic heterocycles. The minimum atomic E-state index is 0.0835. The first-order valence-electron chi connectivity index (χ1n) is 4.74. The molecule has 0 heterocycles. The molecule has 0 N–H and O–H groups in total. The van der Waals surface area contributed by atoms with Crippen molar-refractivity contribution in [2.75, 3.05) is 5.88 Å². The second-order valence-electron chi connectivity index (χ2n) is 2.94. The maximum absolute atomic E-state index is 10.2. The molecule has 0 bridgehead atoms. The summed E-state index contributed by atoms with van der Waals surface area (Å²) in [7, 11) is 0. The molecule has 0 aliphatic heterocycles. The molecule has 0 saturated carbocycles. The summed E-state index contributed by atoms with van der Waals surface area (Å²) in [6.07, 6.45) is 5.88. The van der Waals surface area contributed by atoms with Crippen molar-refractivity contribution in [3.05, 3.63) is 12.2 Å². The van der Waals surface area contributed by atoms with Crippen LogP contribution in [0.3, 0.4) is 0 Å². The summed E-state index contributed by atoms with van der Waals surface area (Å²) in [6.45, 7) is 5.06. The first kappa shape index (κ1) is 15.8. The summed E-state index contributed by atoms with van der Waals surface area (Å²) in [6, 6.07) is 0. The smallest absolute Gasteiger partial charge is 0.130 e. The van der Waals surface area contributed by atoms with Crippen LogP contribution >= 0.6 is 11.6 Å². The van der Waals surface area contributed by atoms with Crippen LogP contribution in [-0.4, -0.2) is 17.4 Å². The average molecular weight is 219 g/mol. The first-order chi connectivity index (χ1) is 6.54. The van der Waals surface area contributed by atoms with Crippen LogP contribution in [0.5, 0.6) is 0 Å². The summed E-state index contributed by atoms with van der Waals surface area (Å²) in [5, 5.41) is 0. The first-order valence-corrected chi connectivity index (χ1v) is 5.27. The van der Waals surface area contributed by atoms with Crippen LogP contribution in [0, 0.1) is 0 Å². The highest BCUT2D eigenvalue weighted by atomic mass is 35.5. The Hall–Kier alpha value is -0.630. The third kappa shape index (κ3) is 22.5. The molecule has 0 fully saturated rings. The fourth-order valence-corrected chi connectivity index (χ4v) is 0.708. The number of halogens is 1. The lowest BCUT2D eigenvalue weighted by Crippen LogP contribution is -1.95. The number of hydrogen-bond acceptors (Lipinski definition) is 2. The summed E-state index contributed by atoms with van der Waals surface area (Å²) >= 11 is 5.29. The standard InChI is InChI=1S/C6H10O2.C5H9Cl/c1-5(7)3-4-6(2)8;1-2-3-4-5-6/h3-4H2,1-2H3;3-4H,2,5H2,1H3/b;4-3+. The predicted molar refractivity (Wildman–Crippen MR) is 60.7 cm³/mol. The Morgan fingerprint density at radius 2 is 1.50 bits per heavy atom. The van der Waals surface area contributed by atoms with Crippen LogP contribution in [0.15, 0.2) is 12.2 Å². The van der Waals surface area contributed by atoms with Crippen molar-refractivity contribution in [1.82, 2.24) is 0 Å². The zero-order valence-electron chi connectivity index (χ0n) is 9.18. The van der Waals surface area contributed by atoms with Gasteiger partial charge in [0.25, 0.3) is 0 Å². The highest BCUT2D eigenvalue weighted by Crippen LogP contribution is 1.89. The van der Waals surface area contributed by atoms with Crippen molar-refractivity contribution in [2.45, 2.75) is 40.0 Å². The van der Waals surface area contributed by atoms with E-state index in [4.69, 9.17) is 11.6 Å². The van der Waals surface area contributed by atoms with E-state index in [1.54, 1.807) is 0 Å². The number of Topliss-reactive ketones (excluding diaryl/α,β-unsaturated/α-hetero) is 2. The minimum Gasteiger partial charge on any atom is -0.300 e. The minimum absolute atomic E-state index is 0.0835. The van der Waals surface area contributed by atoms with Gasteiger partial charge in [-0.05, 0) is 20.3 Å². The lowest BCUT2D eigenvalue weighted by Gasteiger charge is -1.86. The Labute approximate surface area is 91.3 Å². The van der Waals surface area contributed by atoms with Crippen LogP contribution in [0.4, 0.5) is 0 Å². The monoisotopic (exact) mass is 218 g/mol. The topological polar surface area (TPSA) is 34.1 Å². The van der Waals surface area contributed by atoms with Crippen molar-refractivity contribution >= 4 is 23.2 Å². The van der Waals surface area contributed by atoms with Gasteiger partial charge in [0.1, 0.15) is 11.6 Å². The predicted octanol–water partition coefficient (Wildman–Crippen LogP) is 3.14. The van der Waals surface area contributed by atoms with E-state index < -0.39 is 0 Å². The number of carbonyl (C=O) groups is 2. The van der Waals surface area contributed by atoms with Crippen molar-refractivity contribution in [2.24, 2.45) is 0 Å². The van der Waals surface area contributed by atoms with E-state index in [2.05, 4.69) is 6.92 Å². The summed E-state index contributed by atoms with van der Waals surface area (Å²) < 4.78 is 0. The zero-order chi connectivity index (χ0) is 11.4. The van der Waals surface area contributed by atoms with Gasteiger partial charge in [-0.1, -0.05) is 19.1 Å². The second-order valence-corrected chi connectivity index (χ2v) is 3.25. The molecule has 0 amide bonds. The fourth-order valence-electron chi connectivity index (χ4n) is 0.582. The van der Waals surface area contributed by atoms with Gasteiger partial charge in [0.2, 0.25) is 0 Å². The number of ketones is 2. The molecule has 0 aliphatic rings. The molecule has 2 nitrogen and oxygen atoms in total. The molecule has 3 heteroatoms. The second kappa shape index (κ2) is 12.4. The highest BCUT2D eigenvalue weighted by molar-refractivity contribution is 6.18. The largest absolute Gasteiger partial charge is 0.300 e. The molecule has 0 aromatic carbocycles. The SMILES string of the molecule is CC(=O)CCC(C)=O.CC/C=C/CCl. The van der Waals surface area contributed by atoms with Gasteiger partial charge < -0.3 is 9.59 Å². The fraction of sp³-hybridized carbons (Fsp3) is 0.636. The number of rotatable bonds is 5. The summed E-state index contributed by atoms with van der Waals surface area (Å²) in [5.41, 5.74) is 0. The molecular formula is C11H19ClO2. The molecule has 0 saturated heterocycles. The van der Waals surface area contributed by atoms with Gasteiger partial charge in [0.15, 0.2) is 0 Å². The van der Waals surface area contributed by atoms with Gasteiger partial charge in [-0.3, -0.25) is 0 Å². The molecule has 0 rings (SSSR count). The Morgan fingerprint density at radius 3 is 1.64 bits per heavy atom. The number of allylic oxidation sites excluding steroid dienone is 2. The van der Waals surface area contributed by atoms with E-state index in [-0.39, 0.29) is 11.6 Å². The third-order valence-corrected chi connectivity index (χ3v) is 1.50. The highest BCUT2D eigenvalue weighted by Gasteiger charge is 1.95. The Morgan fingerprint density at radius 1 is 1.07 bits per heavy atom. The van der Waals surface area contributed by atoms with Gasteiger partial charge in [0, 0.05) is 18.7 Å². The lowest BCUT2D eigenvalue weighted by molar-refractivity contribution is -0.122. The van der Waals surface area contributed by atoms with Crippen molar-refractivity contribution in [1.29, 1.82) is 0 Å². The normalized spacial score (nSPS) is 9.43. The van der Waals surface area contributed by atoms with Gasteiger partial charge >= 0.3 is 0 Å². The molecule has 0 aromatic rings. The summed E-state index contributed by atoms with van der Waals surface area (Å²) in [5.74, 6) is 0.814. The van der Waals surface area contributed by atoms with E-state index >= 15 is 0 Å². The van der Waals surface area contributed by atoms with Gasteiger partial charge in [-0.25, -0.2) is 0 Å². The number of hydrogen-bond donors (Lipinski definition) is 0. The van der Waals surface area contributed by atoms with E-state index in [0.717, 1.165) is 6.42 Å². The average Bonchev–Trinajstić information content (AvgIpc) is 2.12. The Bertz CT molecular complexity index is 166. The van der Waals surface area contributed by atoms with E-state index in [1.807, 2.05) is 12.2 Å². The van der Waals surface area contributed by atoms with Crippen molar-refractivity contribution in [3.63, 3.8) is 0 Å². The van der Waals surface area contributed by atoms with Crippen molar-refractivity contribution < 1.29 is 9.59 Å². The van der Waals surface area contributed by atoms with E-state index in [9.17, 15) is 9.59 Å². The quantitative estimate of drug-likeness (QED) is 0.525. The van der Waals surface area contributed by atoms with Crippen LogP contribution in [0.2, 0.25) is 0 Å². The molecule has 14 heavy (non-hydrogen) atoms. The molecule has 0 aliphatic carbocycles. The van der Waals surface area contributed by atoms with Crippen molar-refractivity contribution in [3.8, 4) is 0 Å². The van der Waals surface area contributed by atoms with E-state index in [1.165, 1.54) is 13.8 Å². The van der Waals surface area contributed by atoms with E-state index in [0.29, 0.717) is 18.7 Å². The Kier molecular flexibility index (Phi) is 14.0. The number of alkyl halides is 1. The zero-order valence-corrected chi connectivity index (χ0v) is 9.93. The van der Waals surface area contributed by atoms with Crippen LogP contribution < -0.4 is 0 Å². The lowest BCUT2D eigenvalue weighted by atomic mass is 10.2.